The van der Waals surface area contributed by atoms with E-state index in [4.69, 9.17) is 9.47 Å². The number of aromatic nitrogens is 2. The van der Waals surface area contributed by atoms with Gasteiger partial charge in [0.1, 0.15) is 11.8 Å². The largest absolute Gasteiger partial charge is 0.382 e. The SMILES string of the molecule is CC.CC.CC.CC.CCC.CCCCCCCCCCCCCCCCCCCCCCNC(=O)c1cn(C2CC(C(C)C)C(COC)O2)c(=O)[nH]c1=O. The van der Waals surface area contributed by atoms with Crippen molar-refractivity contribution in [3.63, 3.8) is 0 Å². The highest BCUT2D eigenvalue weighted by molar-refractivity contribution is 5.93. The average Bonchev–Trinajstić information content (AvgIpc) is 3.63. The van der Waals surface area contributed by atoms with Crippen molar-refractivity contribution in [3.8, 4) is 0 Å². The third kappa shape index (κ3) is 31.8. The Kier molecular flexibility index (Phi) is 50.5. The fourth-order valence-corrected chi connectivity index (χ4v) is 6.49. The molecule has 1 fully saturated rings. The third-order valence-corrected chi connectivity index (χ3v) is 9.31. The number of unbranched alkanes of at least 4 members (excludes halogenated alkanes) is 19. The summed E-state index contributed by atoms with van der Waals surface area (Å²) in [4.78, 5) is 40.1. The van der Waals surface area contributed by atoms with Gasteiger partial charge in [0, 0.05) is 19.9 Å². The molecule has 1 aromatic heterocycles. The highest BCUT2D eigenvalue weighted by atomic mass is 16.5. The molecule has 1 aliphatic rings. The minimum absolute atomic E-state index is 0.0577. The van der Waals surface area contributed by atoms with E-state index < -0.39 is 23.4 Å². The maximum atomic E-state index is 12.8. The number of rotatable bonds is 26. The van der Waals surface area contributed by atoms with Crippen LogP contribution < -0.4 is 16.6 Å². The molecule has 1 amide bonds. The van der Waals surface area contributed by atoms with Crippen molar-refractivity contribution >= 4 is 5.91 Å². The van der Waals surface area contributed by atoms with Gasteiger partial charge in [-0.25, -0.2) is 4.79 Å². The summed E-state index contributed by atoms with van der Waals surface area (Å²) in [5, 5.41) is 2.86. The Morgan fingerprint density at radius 3 is 1.47 bits per heavy atom. The number of hydrogen-bond donors (Lipinski definition) is 2. The van der Waals surface area contributed by atoms with E-state index in [2.05, 4.69) is 44.9 Å². The molecule has 1 aliphatic heterocycles. The standard InChI is InChI=1S/C36H65N3O5.C3H8.4C2H6/c1-5-6-7-8-9-10-11-12-13-14-15-16-17-18-19-20-21-22-23-24-25-37-34(40)31-27-39(36(42)38-35(31)41)33-26-30(29(2)3)32(44-33)28-43-4;1-3-2;4*1-2/h27,29-30,32-33H,5-26,28H2,1-4H3,(H,37,40)(H,38,41,42);3H2,1-2H3;4*1-2H3. The summed E-state index contributed by atoms with van der Waals surface area (Å²) in [5.74, 6) is 0.116. The topological polar surface area (TPSA) is 102 Å². The number of methoxy groups -OCH3 is 1. The first-order valence-corrected chi connectivity index (χ1v) is 23.6. The second-order valence-electron chi connectivity index (χ2n) is 14.1. The number of aromatic amines is 1. The summed E-state index contributed by atoms with van der Waals surface area (Å²) < 4.78 is 12.8. The Balaban J connectivity index is -0.00000107. The van der Waals surface area contributed by atoms with Crippen LogP contribution in [0.1, 0.15) is 248 Å². The fourth-order valence-electron chi connectivity index (χ4n) is 6.49. The first-order valence-electron chi connectivity index (χ1n) is 23.6. The lowest BCUT2D eigenvalue weighted by Gasteiger charge is -2.20. The molecule has 8 nitrogen and oxygen atoms in total. The second-order valence-corrected chi connectivity index (χ2v) is 14.1. The molecule has 330 valence electrons. The van der Waals surface area contributed by atoms with E-state index in [1.165, 1.54) is 133 Å². The average molecular weight is 784 g/mol. The lowest BCUT2D eigenvalue weighted by Crippen LogP contribution is -2.38. The van der Waals surface area contributed by atoms with Gasteiger partial charge in [-0.05, 0) is 24.7 Å². The Morgan fingerprint density at radius 2 is 1.11 bits per heavy atom. The van der Waals surface area contributed by atoms with E-state index in [0.29, 0.717) is 25.5 Å². The number of hydrogen-bond acceptors (Lipinski definition) is 5. The van der Waals surface area contributed by atoms with Crippen molar-refractivity contribution in [1.29, 1.82) is 0 Å². The summed E-state index contributed by atoms with van der Waals surface area (Å²) in [6.07, 6.45) is 29.2. The van der Waals surface area contributed by atoms with Crippen LogP contribution in [0.3, 0.4) is 0 Å². The van der Waals surface area contributed by atoms with Crippen LogP contribution in [0.4, 0.5) is 0 Å². The molecule has 0 aromatic carbocycles. The number of carbonyl (C=O) groups is 1. The number of ether oxygens (including phenoxy) is 2. The molecule has 2 rings (SSSR count). The Bertz CT molecular complexity index is 1020. The van der Waals surface area contributed by atoms with E-state index in [9.17, 15) is 14.4 Å². The molecule has 55 heavy (non-hydrogen) atoms. The summed E-state index contributed by atoms with van der Waals surface area (Å²) >= 11 is 0. The monoisotopic (exact) mass is 784 g/mol. The van der Waals surface area contributed by atoms with Gasteiger partial charge in [0.25, 0.3) is 11.5 Å². The number of carbonyl (C=O) groups excluding carboxylic acids is 1. The summed E-state index contributed by atoms with van der Waals surface area (Å²) in [7, 11) is 1.63. The summed E-state index contributed by atoms with van der Waals surface area (Å²) in [6.45, 7) is 27.7. The Hall–Kier alpha value is -1.93. The van der Waals surface area contributed by atoms with Crippen molar-refractivity contribution in [2.45, 2.75) is 244 Å². The van der Waals surface area contributed by atoms with Crippen LogP contribution >= 0.6 is 0 Å². The van der Waals surface area contributed by atoms with Crippen molar-refractivity contribution in [3.05, 3.63) is 32.6 Å². The van der Waals surface area contributed by atoms with Gasteiger partial charge in [-0.3, -0.25) is 19.1 Å². The molecular formula is C47H97N3O5. The molecule has 0 saturated carbocycles. The van der Waals surface area contributed by atoms with Gasteiger partial charge in [0.05, 0.1) is 12.7 Å². The van der Waals surface area contributed by atoms with Crippen molar-refractivity contribution in [2.24, 2.45) is 11.8 Å². The van der Waals surface area contributed by atoms with Gasteiger partial charge >= 0.3 is 5.69 Å². The normalized spacial score (nSPS) is 15.4. The van der Waals surface area contributed by atoms with Crippen LogP contribution in [-0.2, 0) is 9.47 Å². The van der Waals surface area contributed by atoms with Crippen LogP contribution in [0.25, 0.3) is 0 Å². The third-order valence-electron chi connectivity index (χ3n) is 9.31. The molecule has 3 atom stereocenters. The molecule has 1 saturated heterocycles. The predicted octanol–water partition coefficient (Wildman–Crippen LogP) is 13.8. The Labute approximate surface area is 342 Å². The molecule has 2 heterocycles. The van der Waals surface area contributed by atoms with Crippen LogP contribution in [0, 0.1) is 11.8 Å². The van der Waals surface area contributed by atoms with Gasteiger partial charge in [-0.2, -0.15) is 0 Å². The van der Waals surface area contributed by atoms with Crippen molar-refractivity contribution in [1.82, 2.24) is 14.9 Å². The van der Waals surface area contributed by atoms with Gasteiger partial charge in [-0.1, -0.05) is 218 Å². The molecule has 2 N–H and O–H groups in total. The van der Waals surface area contributed by atoms with Crippen LogP contribution in [-0.4, -0.2) is 41.8 Å². The molecule has 0 aliphatic carbocycles. The van der Waals surface area contributed by atoms with Gasteiger partial charge in [0.15, 0.2) is 0 Å². The van der Waals surface area contributed by atoms with E-state index in [1.807, 2.05) is 55.4 Å². The van der Waals surface area contributed by atoms with E-state index in [-0.39, 0.29) is 17.6 Å². The molecular weight excluding hydrogens is 687 g/mol. The highest BCUT2D eigenvalue weighted by Gasteiger charge is 2.38. The number of H-pyrrole nitrogens is 1. The zero-order chi connectivity index (χ0) is 42.7. The number of nitrogens with zero attached hydrogens (tertiary/aromatic N) is 1. The second kappa shape index (κ2) is 46.5. The fraction of sp³-hybridized carbons (Fsp3) is 0.894. The summed E-state index contributed by atoms with van der Waals surface area (Å²) in [5.41, 5.74) is -1.29. The predicted molar refractivity (Wildman–Crippen MR) is 242 cm³/mol. The van der Waals surface area contributed by atoms with Gasteiger partial charge < -0.3 is 14.8 Å². The maximum Gasteiger partial charge on any atom is 0.330 e. The van der Waals surface area contributed by atoms with E-state index in [0.717, 1.165) is 12.8 Å². The lowest BCUT2D eigenvalue weighted by molar-refractivity contribution is -0.0452. The minimum atomic E-state index is -0.668. The van der Waals surface area contributed by atoms with Crippen molar-refractivity contribution in [2.75, 3.05) is 20.3 Å². The molecule has 1 aromatic rings. The smallest absolute Gasteiger partial charge is 0.330 e. The summed E-state index contributed by atoms with van der Waals surface area (Å²) in [6, 6.07) is 0. The minimum Gasteiger partial charge on any atom is -0.382 e. The first kappa shape index (κ1) is 59.8. The van der Waals surface area contributed by atoms with Crippen LogP contribution in [0.2, 0.25) is 0 Å². The molecule has 3 unspecified atom stereocenters. The number of amides is 1. The lowest BCUT2D eigenvalue weighted by atomic mass is 9.89. The molecule has 0 spiro atoms. The highest BCUT2D eigenvalue weighted by Crippen LogP contribution is 2.37. The van der Waals surface area contributed by atoms with Crippen LogP contribution in [0.15, 0.2) is 15.8 Å². The number of nitrogens with one attached hydrogen (secondary N) is 2. The van der Waals surface area contributed by atoms with E-state index in [1.54, 1.807) is 7.11 Å². The Morgan fingerprint density at radius 1 is 0.727 bits per heavy atom. The first-order chi connectivity index (χ1) is 26.8. The molecule has 0 bridgehead atoms. The van der Waals surface area contributed by atoms with E-state index >= 15 is 0 Å². The quantitative estimate of drug-likeness (QED) is 0.0911. The van der Waals surface area contributed by atoms with Crippen molar-refractivity contribution < 1.29 is 14.3 Å². The zero-order valence-corrected chi connectivity index (χ0v) is 39.3. The molecule has 0 radical (unpaired) electrons. The van der Waals surface area contributed by atoms with Gasteiger partial charge in [-0.15, -0.1) is 0 Å². The molecule has 8 heteroatoms. The van der Waals surface area contributed by atoms with Gasteiger partial charge in [0.2, 0.25) is 0 Å². The zero-order valence-electron chi connectivity index (χ0n) is 39.3. The van der Waals surface area contributed by atoms with Crippen LogP contribution in [0.5, 0.6) is 0 Å². The maximum absolute atomic E-state index is 12.8.